The van der Waals surface area contributed by atoms with Gasteiger partial charge in [0, 0.05) is 11.8 Å². The summed E-state index contributed by atoms with van der Waals surface area (Å²) in [4.78, 5) is 17.1. The Hall–Kier alpha value is -3.12. The van der Waals surface area contributed by atoms with Gasteiger partial charge in [0.25, 0.3) is 5.91 Å². The lowest BCUT2D eigenvalue weighted by molar-refractivity contribution is -0.904. The molecule has 2 aromatic carbocycles. The average molecular weight is 420 g/mol. The van der Waals surface area contributed by atoms with E-state index in [1.54, 1.807) is 16.7 Å². The lowest BCUT2D eigenvalue weighted by atomic mass is 10.1. The number of piperazine rings is 1. The number of quaternary nitrogens is 1. The Balaban J connectivity index is 1.69. The van der Waals surface area contributed by atoms with Crippen LogP contribution in [0.3, 0.4) is 0 Å². The van der Waals surface area contributed by atoms with Gasteiger partial charge in [0.05, 0.1) is 51.1 Å². The Morgan fingerprint density at radius 1 is 1.13 bits per heavy atom. The zero-order valence-electron chi connectivity index (χ0n) is 18.6. The topological polar surface area (TPSA) is 51.8 Å². The second kappa shape index (κ2) is 9.35. The molecule has 1 aromatic heterocycles. The number of rotatable bonds is 6. The predicted octanol–water partition coefficient (Wildman–Crippen LogP) is 2.61. The summed E-state index contributed by atoms with van der Waals surface area (Å²) in [7, 11) is 1.65. The van der Waals surface area contributed by atoms with Gasteiger partial charge in [-0.15, -0.1) is 0 Å². The molecule has 0 atom stereocenters. The predicted molar refractivity (Wildman–Crippen MR) is 122 cm³/mol. The van der Waals surface area contributed by atoms with Crippen LogP contribution in [0.25, 0.3) is 16.9 Å². The van der Waals surface area contributed by atoms with Crippen LogP contribution in [0.5, 0.6) is 5.75 Å². The summed E-state index contributed by atoms with van der Waals surface area (Å²) in [5, 5.41) is 4.82. The van der Waals surface area contributed by atoms with Gasteiger partial charge in [0.2, 0.25) is 0 Å². The molecule has 0 aliphatic carbocycles. The molecule has 0 spiro atoms. The van der Waals surface area contributed by atoms with E-state index in [2.05, 4.69) is 26.0 Å². The van der Waals surface area contributed by atoms with Crippen molar-refractivity contribution in [3.05, 3.63) is 65.9 Å². The first-order chi connectivity index (χ1) is 15.1. The zero-order chi connectivity index (χ0) is 21.8. The number of hydrogen-bond donors (Lipinski definition) is 1. The highest BCUT2D eigenvalue weighted by atomic mass is 16.5. The lowest BCUT2D eigenvalue weighted by Crippen LogP contribution is -3.14. The number of hydrogen-bond acceptors (Lipinski definition) is 3. The van der Waals surface area contributed by atoms with Crippen LogP contribution in [0, 0.1) is 6.92 Å². The van der Waals surface area contributed by atoms with Gasteiger partial charge in [-0.3, -0.25) is 4.79 Å². The number of methoxy groups -OCH3 is 1. The van der Waals surface area contributed by atoms with E-state index in [-0.39, 0.29) is 5.91 Å². The van der Waals surface area contributed by atoms with Crippen molar-refractivity contribution in [3.63, 3.8) is 0 Å². The van der Waals surface area contributed by atoms with Gasteiger partial charge in [-0.2, -0.15) is 5.10 Å². The molecule has 1 aliphatic rings. The number of aromatic nitrogens is 2. The van der Waals surface area contributed by atoms with E-state index in [9.17, 15) is 4.79 Å². The maximum atomic E-state index is 13.5. The van der Waals surface area contributed by atoms with E-state index >= 15 is 0 Å². The van der Waals surface area contributed by atoms with E-state index in [1.165, 1.54) is 18.5 Å². The Labute approximate surface area is 184 Å². The van der Waals surface area contributed by atoms with Crippen LogP contribution >= 0.6 is 0 Å². The molecule has 6 nitrogen and oxygen atoms in total. The molecule has 0 unspecified atom stereocenters. The second-order valence-corrected chi connectivity index (χ2v) is 8.20. The van der Waals surface area contributed by atoms with Crippen LogP contribution in [0.2, 0.25) is 0 Å². The lowest BCUT2D eigenvalue weighted by Gasteiger charge is -2.32. The normalized spacial score (nSPS) is 14.6. The molecule has 31 heavy (non-hydrogen) atoms. The van der Waals surface area contributed by atoms with Crippen molar-refractivity contribution in [2.24, 2.45) is 0 Å². The van der Waals surface area contributed by atoms with Gasteiger partial charge in [-0.05, 0) is 37.6 Å². The fourth-order valence-corrected chi connectivity index (χ4v) is 4.14. The molecule has 1 aliphatic heterocycles. The van der Waals surface area contributed by atoms with Gasteiger partial charge >= 0.3 is 0 Å². The third kappa shape index (κ3) is 4.64. The molecule has 0 radical (unpaired) electrons. The molecule has 3 aromatic rings. The van der Waals surface area contributed by atoms with Crippen molar-refractivity contribution in [2.75, 3.05) is 39.8 Å². The SMILES string of the molecule is CCC[NH+]1CCN(C(=O)c2cn(-c3ccc(C)cc3)nc2-c2cccc(OC)c2)CC1. The number of amides is 1. The molecular formula is C25H31N4O2+. The van der Waals surface area contributed by atoms with Crippen molar-refractivity contribution >= 4 is 5.91 Å². The van der Waals surface area contributed by atoms with Crippen LogP contribution in [0.1, 0.15) is 29.3 Å². The molecule has 2 heterocycles. The third-order valence-electron chi connectivity index (χ3n) is 5.95. The molecule has 162 valence electrons. The standard InChI is InChI=1S/C25H30N4O2/c1-4-12-27-13-15-28(16-14-27)25(30)23-18-29(21-10-8-19(2)9-11-21)26-24(23)20-6-5-7-22(17-20)31-3/h5-11,17-18H,4,12-16H2,1-3H3/p+1. The number of carbonyl (C=O) groups is 1. The van der Waals surface area contributed by atoms with Crippen LogP contribution in [-0.2, 0) is 0 Å². The van der Waals surface area contributed by atoms with Crippen LogP contribution in [0.15, 0.2) is 54.7 Å². The smallest absolute Gasteiger partial charge is 0.258 e. The van der Waals surface area contributed by atoms with Crippen LogP contribution in [0.4, 0.5) is 0 Å². The van der Waals surface area contributed by atoms with Gasteiger partial charge in [0.15, 0.2) is 0 Å². The van der Waals surface area contributed by atoms with E-state index in [0.717, 1.165) is 43.2 Å². The summed E-state index contributed by atoms with van der Waals surface area (Å²) in [5.41, 5.74) is 4.32. The third-order valence-corrected chi connectivity index (χ3v) is 5.95. The van der Waals surface area contributed by atoms with E-state index in [1.807, 2.05) is 47.5 Å². The molecule has 6 heteroatoms. The average Bonchev–Trinajstić information content (AvgIpc) is 3.25. The number of carbonyl (C=O) groups excluding carboxylic acids is 1. The summed E-state index contributed by atoms with van der Waals surface area (Å²) in [6, 6.07) is 15.9. The van der Waals surface area contributed by atoms with Crippen molar-refractivity contribution in [2.45, 2.75) is 20.3 Å². The number of ether oxygens (including phenoxy) is 1. The number of nitrogens with one attached hydrogen (secondary N) is 1. The number of aryl methyl sites for hydroxylation is 1. The summed E-state index contributed by atoms with van der Waals surface area (Å²) in [5.74, 6) is 0.796. The molecule has 1 amide bonds. The van der Waals surface area contributed by atoms with Gasteiger partial charge in [-0.25, -0.2) is 4.68 Å². The summed E-state index contributed by atoms with van der Waals surface area (Å²) in [6.45, 7) is 9.00. The molecule has 0 bridgehead atoms. The van der Waals surface area contributed by atoms with Gasteiger partial charge < -0.3 is 14.5 Å². The maximum absolute atomic E-state index is 13.5. The number of benzene rings is 2. The van der Waals surface area contributed by atoms with Crippen molar-refractivity contribution in [3.8, 4) is 22.7 Å². The van der Waals surface area contributed by atoms with Crippen molar-refractivity contribution in [1.29, 1.82) is 0 Å². The van der Waals surface area contributed by atoms with E-state index < -0.39 is 0 Å². The minimum absolute atomic E-state index is 0.0479. The van der Waals surface area contributed by atoms with E-state index in [0.29, 0.717) is 11.3 Å². The molecule has 1 N–H and O–H groups in total. The Bertz CT molecular complexity index is 1030. The fourth-order valence-electron chi connectivity index (χ4n) is 4.14. The first-order valence-electron chi connectivity index (χ1n) is 11.0. The fraction of sp³-hybridized carbons (Fsp3) is 0.360. The zero-order valence-corrected chi connectivity index (χ0v) is 18.6. The summed E-state index contributed by atoms with van der Waals surface area (Å²) in [6.07, 6.45) is 3.04. The Morgan fingerprint density at radius 3 is 2.55 bits per heavy atom. The molecular weight excluding hydrogens is 388 g/mol. The van der Waals surface area contributed by atoms with Crippen LogP contribution in [-0.4, -0.2) is 60.4 Å². The Morgan fingerprint density at radius 2 is 1.87 bits per heavy atom. The first kappa shape index (κ1) is 21.1. The molecule has 1 fully saturated rings. The minimum Gasteiger partial charge on any atom is -0.497 e. The summed E-state index contributed by atoms with van der Waals surface area (Å²) >= 11 is 0. The van der Waals surface area contributed by atoms with Crippen molar-refractivity contribution in [1.82, 2.24) is 14.7 Å². The first-order valence-corrected chi connectivity index (χ1v) is 11.0. The van der Waals surface area contributed by atoms with Crippen LogP contribution < -0.4 is 9.64 Å². The highest BCUT2D eigenvalue weighted by Crippen LogP contribution is 2.28. The van der Waals surface area contributed by atoms with Gasteiger partial charge in [0.1, 0.15) is 11.4 Å². The maximum Gasteiger partial charge on any atom is 0.258 e. The monoisotopic (exact) mass is 419 g/mol. The Kier molecular flexibility index (Phi) is 6.37. The molecule has 1 saturated heterocycles. The minimum atomic E-state index is 0.0479. The second-order valence-electron chi connectivity index (χ2n) is 8.20. The van der Waals surface area contributed by atoms with Crippen molar-refractivity contribution < 1.29 is 14.4 Å². The highest BCUT2D eigenvalue weighted by Gasteiger charge is 2.28. The van der Waals surface area contributed by atoms with Gasteiger partial charge in [-0.1, -0.05) is 36.8 Å². The summed E-state index contributed by atoms with van der Waals surface area (Å²) < 4.78 is 7.21. The largest absolute Gasteiger partial charge is 0.497 e. The highest BCUT2D eigenvalue weighted by molar-refractivity contribution is 6.00. The molecule has 0 saturated carbocycles. The van der Waals surface area contributed by atoms with E-state index in [4.69, 9.17) is 9.84 Å². The number of nitrogens with zero attached hydrogens (tertiary/aromatic N) is 3. The quantitative estimate of drug-likeness (QED) is 0.668. The molecule has 4 rings (SSSR count).